The van der Waals surface area contributed by atoms with Gasteiger partial charge in [-0.05, 0) is 39.2 Å². The van der Waals surface area contributed by atoms with Crippen LogP contribution in [0.2, 0.25) is 0 Å². The molecule has 0 radical (unpaired) electrons. The van der Waals surface area contributed by atoms with Gasteiger partial charge in [0.2, 0.25) is 0 Å². The van der Waals surface area contributed by atoms with E-state index in [0.717, 1.165) is 0 Å². The molecule has 0 aliphatic heterocycles. The molecule has 0 unspecified atom stereocenters. The maximum atomic E-state index is 12.8. The number of aromatic carboxylic acids is 1. The van der Waals surface area contributed by atoms with Crippen molar-refractivity contribution in [3.63, 3.8) is 0 Å². The summed E-state index contributed by atoms with van der Waals surface area (Å²) in [5.74, 6) is -3.03. The lowest BCUT2D eigenvalue weighted by molar-refractivity contribution is -0.192. The van der Waals surface area contributed by atoms with Gasteiger partial charge in [0.25, 0.3) is 10.0 Å². The number of pyridine rings is 1. The van der Waals surface area contributed by atoms with Crippen molar-refractivity contribution in [1.29, 1.82) is 0 Å². The molecule has 0 atom stereocenters. The zero-order valence-corrected chi connectivity index (χ0v) is 22.1. The zero-order valence-electron chi connectivity index (χ0n) is 21.2. The summed E-state index contributed by atoms with van der Waals surface area (Å²) in [5.41, 5.74) is -0.0484. The van der Waals surface area contributed by atoms with Crippen LogP contribution in [0.4, 0.5) is 24.7 Å². The van der Waals surface area contributed by atoms with E-state index in [1.54, 1.807) is 0 Å². The number of aliphatic carboxylic acids is 1. The average Bonchev–Trinajstić information content (AvgIpc) is 2.83. The highest BCUT2D eigenvalue weighted by molar-refractivity contribution is 7.92. The van der Waals surface area contributed by atoms with Crippen LogP contribution in [0.5, 0.6) is 11.5 Å². The normalized spacial score (nSPS) is 11.3. The first-order valence-corrected chi connectivity index (χ1v) is 12.2. The number of rotatable bonds is 11. The number of carbonyl (C=O) groups is 2. The van der Waals surface area contributed by atoms with Crippen LogP contribution in [-0.4, -0.2) is 94.6 Å². The molecule has 1 heterocycles. The number of hydrogen-bond donors (Lipinski definition) is 3. The second kappa shape index (κ2) is 13.7. The number of methoxy groups -OCH3 is 2. The van der Waals surface area contributed by atoms with Gasteiger partial charge in [0.15, 0.2) is 11.5 Å². The number of carboxylic acids is 2. The van der Waals surface area contributed by atoms with Gasteiger partial charge >= 0.3 is 18.1 Å². The van der Waals surface area contributed by atoms with E-state index in [4.69, 9.17) is 19.4 Å². The van der Waals surface area contributed by atoms with Gasteiger partial charge in [-0.1, -0.05) is 0 Å². The summed E-state index contributed by atoms with van der Waals surface area (Å²) in [4.78, 5) is 28.7. The van der Waals surface area contributed by atoms with Crippen molar-refractivity contribution in [2.24, 2.45) is 0 Å². The molecule has 0 saturated carbocycles. The number of anilines is 2. The van der Waals surface area contributed by atoms with Crippen molar-refractivity contribution in [3.8, 4) is 11.5 Å². The second-order valence-electron chi connectivity index (χ2n) is 7.71. The molecule has 0 bridgehead atoms. The molecule has 0 aliphatic rings. The topological polar surface area (TPSA) is 159 Å². The third-order valence-corrected chi connectivity index (χ3v) is 6.13. The van der Waals surface area contributed by atoms with E-state index in [1.807, 2.05) is 30.8 Å². The van der Waals surface area contributed by atoms with Gasteiger partial charge in [-0.15, -0.1) is 0 Å². The third kappa shape index (κ3) is 9.26. The zero-order chi connectivity index (χ0) is 29.3. The number of alkyl halides is 3. The Kier molecular flexibility index (Phi) is 11.6. The lowest BCUT2D eigenvalue weighted by Gasteiger charge is -2.25. The number of ether oxygens (including phenoxy) is 2. The Balaban J connectivity index is 0.000000905. The van der Waals surface area contributed by atoms with Crippen molar-refractivity contribution < 1.29 is 50.9 Å². The minimum Gasteiger partial charge on any atom is -0.493 e. The molecule has 3 N–H and O–H groups in total. The molecular weight excluding hydrogens is 537 g/mol. The number of likely N-dealkylation sites (N-methyl/N-ethyl adjacent to an activating group) is 2. The van der Waals surface area contributed by atoms with E-state index in [9.17, 15) is 31.5 Å². The Morgan fingerprint density at radius 2 is 1.63 bits per heavy atom. The summed E-state index contributed by atoms with van der Waals surface area (Å²) >= 11 is 0. The first-order valence-electron chi connectivity index (χ1n) is 10.7. The number of nitrogens with one attached hydrogen (secondary N) is 1. The number of hydrogen-bond acceptors (Lipinski definition) is 9. The number of nitrogens with zero attached hydrogens (tertiary/aromatic N) is 3. The Bertz CT molecular complexity index is 1220. The van der Waals surface area contributed by atoms with Gasteiger partial charge in [0.05, 0.1) is 31.0 Å². The van der Waals surface area contributed by atoms with Crippen molar-refractivity contribution in [3.05, 3.63) is 36.0 Å². The first kappa shape index (κ1) is 32.2. The van der Waals surface area contributed by atoms with Gasteiger partial charge in [0, 0.05) is 25.7 Å². The average molecular weight is 567 g/mol. The smallest absolute Gasteiger partial charge is 0.490 e. The Morgan fingerprint density at radius 1 is 1.05 bits per heavy atom. The van der Waals surface area contributed by atoms with Crippen LogP contribution in [0, 0.1) is 0 Å². The van der Waals surface area contributed by atoms with Crippen LogP contribution in [0.25, 0.3) is 0 Å². The lowest BCUT2D eigenvalue weighted by Crippen LogP contribution is -2.33. The van der Waals surface area contributed by atoms with E-state index in [2.05, 4.69) is 9.71 Å². The number of carboxylic acid groups (broad SMARTS) is 2. The van der Waals surface area contributed by atoms with Crippen molar-refractivity contribution in [2.45, 2.75) is 18.0 Å². The van der Waals surface area contributed by atoms with Gasteiger partial charge in [-0.2, -0.15) is 13.2 Å². The van der Waals surface area contributed by atoms with E-state index in [1.165, 1.54) is 44.7 Å². The molecule has 0 aliphatic carbocycles. The summed E-state index contributed by atoms with van der Waals surface area (Å²) in [6.07, 6.45) is -3.78. The first-order chi connectivity index (χ1) is 17.6. The highest BCUT2D eigenvalue weighted by Crippen LogP contribution is 2.30. The Labute approximate surface area is 217 Å². The SMILES string of the molecule is CCN(CCN(C)C)c1ncc(NS(=O)(=O)c2ccc(OC)c(OC)c2)cc1C(=O)O.O=C(O)C(F)(F)F. The maximum Gasteiger partial charge on any atom is 0.490 e. The fraction of sp³-hybridized carbons (Fsp3) is 0.409. The van der Waals surface area contributed by atoms with Crippen LogP contribution in [0.15, 0.2) is 35.4 Å². The molecule has 0 saturated heterocycles. The van der Waals surface area contributed by atoms with Crippen LogP contribution >= 0.6 is 0 Å². The minimum absolute atomic E-state index is 0.0413. The standard InChI is InChI=1S/C20H28N4O6S.C2HF3O2/c1-6-24(10-9-23(2)3)19-16(20(25)26)11-14(13-21-19)22-31(27,28)15-7-8-17(29-4)18(12-15)30-5;3-2(4,5)1(6)7/h7-8,11-13,22H,6,9-10H2,1-5H3,(H,25,26);(H,6,7). The van der Waals surface area contributed by atoms with E-state index < -0.39 is 28.1 Å². The quantitative estimate of drug-likeness (QED) is 0.367. The summed E-state index contributed by atoms with van der Waals surface area (Å²) < 4.78 is 70.0. The van der Waals surface area contributed by atoms with E-state index >= 15 is 0 Å². The molecule has 2 rings (SSSR count). The summed E-state index contributed by atoms with van der Waals surface area (Å²) in [7, 11) is 2.68. The summed E-state index contributed by atoms with van der Waals surface area (Å²) in [5, 5.41) is 16.8. The van der Waals surface area contributed by atoms with Gasteiger partial charge in [-0.25, -0.2) is 23.0 Å². The monoisotopic (exact) mass is 566 g/mol. The van der Waals surface area contributed by atoms with Gasteiger partial charge in [0.1, 0.15) is 11.4 Å². The van der Waals surface area contributed by atoms with Crippen molar-refractivity contribution in [1.82, 2.24) is 9.88 Å². The van der Waals surface area contributed by atoms with E-state index in [-0.39, 0.29) is 27.7 Å². The summed E-state index contributed by atoms with van der Waals surface area (Å²) in [6, 6.07) is 5.42. The maximum absolute atomic E-state index is 12.8. The van der Waals surface area contributed by atoms with Crippen molar-refractivity contribution in [2.75, 3.05) is 57.6 Å². The van der Waals surface area contributed by atoms with Gasteiger partial charge in [-0.3, -0.25) is 4.72 Å². The molecule has 1 aromatic carbocycles. The molecule has 0 amide bonds. The predicted molar refractivity (Wildman–Crippen MR) is 132 cm³/mol. The van der Waals surface area contributed by atoms with Crippen molar-refractivity contribution >= 4 is 33.5 Å². The van der Waals surface area contributed by atoms with Crippen LogP contribution in [0.1, 0.15) is 17.3 Å². The summed E-state index contributed by atoms with van der Waals surface area (Å²) in [6.45, 7) is 3.74. The number of aromatic nitrogens is 1. The molecule has 16 heteroatoms. The molecular formula is C22H29F3N4O8S. The predicted octanol–water partition coefficient (Wildman–Crippen LogP) is 2.62. The Hall–Kier alpha value is -3.79. The second-order valence-corrected chi connectivity index (χ2v) is 9.39. The highest BCUT2D eigenvalue weighted by atomic mass is 32.2. The number of benzene rings is 1. The molecule has 1 aromatic heterocycles. The largest absolute Gasteiger partial charge is 0.493 e. The van der Waals surface area contributed by atoms with Crippen LogP contribution in [0.3, 0.4) is 0 Å². The van der Waals surface area contributed by atoms with Gasteiger partial charge < -0.3 is 29.5 Å². The number of halogens is 3. The third-order valence-electron chi connectivity index (χ3n) is 4.76. The molecule has 212 valence electrons. The molecule has 38 heavy (non-hydrogen) atoms. The molecule has 2 aromatic rings. The molecule has 0 spiro atoms. The van der Waals surface area contributed by atoms with Crippen LogP contribution in [-0.2, 0) is 14.8 Å². The van der Waals surface area contributed by atoms with E-state index in [0.29, 0.717) is 25.4 Å². The number of sulfonamides is 1. The minimum atomic E-state index is -5.08. The molecule has 0 fully saturated rings. The lowest BCUT2D eigenvalue weighted by atomic mass is 10.2. The molecule has 12 nitrogen and oxygen atoms in total. The fourth-order valence-corrected chi connectivity index (χ4v) is 3.90. The van der Waals surface area contributed by atoms with Crippen LogP contribution < -0.4 is 19.1 Å². The highest BCUT2D eigenvalue weighted by Gasteiger charge is 2.38. The Morgan fingerprint density at radius 3 is 2.08 bits per heavy atom. The fourth-order valence-electron chi connectivity index (χ4n) is 2.86.